The number of carbonyl (C=O) groups excluding carboxylic acids is 2. The van der Waals surface area contributed by atoms with E-state index >= 15 is 0 Å². The lowest BCUT2D eigenvalue weighted by atomic mass is 9.95. The molecule has 3 rings (SSSR count). The van der Waals surface area contributed by atoms with Crippen molar-refractivity contribution >= 4 is 11.9 Å². The highest BCUT2D eigenvalue weighted by molar-refractivity contribution is 5.82. The van der Waals surface area contributed by atoms with Crippen molar-refractivity contribution in [3.05, 3.63) is 30.1 Å². The summed E-state index contributed by atoms with van der Waals surface area (Å²) in [5.41, 5.74) is 0.995. The fourth-order valence-corrected chi connectivity index (χ4v) is 4.46. The van der Waals surface area contributed by atoms with Crippen LogP contribution in [0.4, 0.5) is 4.79 Å². The molecule has 2 N–H and O–H groups in total. The van der Waals surface area contributed by atoms with Crippen molar-refractivity contribution in [1.82, 2.24) is 25.4 Å². The van der Waals surface area contributed by atoms with E-state index in [0.717, 1.165) is 38.0 Å². The van der Waals surface area contributed by atoms with Crippen LogP contribution in [0.15, 0.2) is 24.4 Å². The Labute approximate surface area is 174 Å². The summed E-state index contributed by atoms with van der Waals surface area (Å²) in [6, 6.07) is 5.91. The summed E-state index contributed by atoms with van der Waals surface area (Å²) in [6.45, 7) is 7.39. The second-order valence-corrected chi connectivity index (χ2v) is 8.48. The van der Waals surface area contributed by atoms with Gasteiger partial charge in [-0.3, -0.25) is 14.7 Å². The van der Waals surface area contributed by atoms with E-state index in [1.54, 1.807) is 6.20 Å². The van der Waals surface area contributed by atoms with Gasteiger partial charge in [-0.05, 0) is 44.7 Å². The van der Waals surface area contributed by atoms with Crippen LogP contribution in [0.2, 0.25) is 0 Å². The summed E-state index contributed by atoms with van der Waals surface area (Å²) >= 11 is 0. The molecule has 1 aromatic rings. The van der Waals surface area contributed by atoms with Crippen molar-refractivity contribution in [3.63, 3.8) is 0 Å². The molecule has 1 aliphatic heterocycles. The Morgan fingerprint density at radius 2 is 1.86 bits per heavy atom. The van der Waals surface area contributed by atoms with Gasteiger partial charge in [0.15, 0.2) is 0 Å². The molecule has 1 atom stereocenters. The molecule has 1 saturated carbocycles. The standard InChI is InChI=1S/C22H35N5O2/c1-17(2)25-22(29)27-15-13-26(14-16-27)20(18-7-3-4-8-18)21(28)24-12-10-19-9-5-6-11-23-19/h5-6,9,11,17-18,20H,3-4,7-8,10,12-16H2,1-2H3,(H,24,28)(H,25,29). The van der Waals surface area contributed by atoms with E-state index in [9.17, 15) is 9.59 Å². The lowest BCUT2D eigenvalue weighted by Gasteiger charge is -2.40. The number of amides is 3. The van der Waals surface area contributed by atoms with Gasteiger partial charge in [0.1, 0.15) is 0 Å². The Hall–Kier alpha value is -2.15. The second kappa shape index (κ2) is 10.6. The van der Waals surface area contributed by atoms with E-state index < -0.39 is 0 Å². The summed E-state index contributed by atoms with van der Waals surface area (Å²) < 4.78 is 0. The molecule has 2 aliphatic rings. The fourth-order valence-electron chi connectivity index (χ4n) is 4.46. The highest BCUT2D eigenvalue weighted by Crippen LogP contribution is 2.31. The Bertz CT molecular complexity index is 652. The average Bonchev–Trinajstić information content (AvgIpc) is 3.23. The fraction of sp³-hybridized carbons (Fsp3) is 0.682. The van der Waals surface area contributed by atoms with Gasteiger partial charge in [0.05, 0.1) is 6.04 Å². The van der Waals surface area contributed by atoms with E-state index in [2.05, 4.69) is 20.5 Å². The number of carbonyl (C=O) groups is 2. The summed E-state index contributed by atoms with van der Waals surface area (Å²) in [4.78, 5) is 33.9. The molecular weight excluding hydrogens is 366 g/mol. The normalized spacial score (nSPS) is 19.3. The van der Waals surface area contributed by atoms with Gasteiger partial charge in [-0.1, -0.05) is 18.9 Å². The van der Waals surface area contributed by atoms with Crippen LogP contribution in [-0.4, -0.2) is 71.5 Å². The smallest absolute Gasteiger partial charge is 0.317 e. The molecule has 0 radical (unpaired) electrons. The van der Waals surface area contributed by atoms with E-state index in [-0.39, 0.29) is 24.0 Å². The number of piperazine rings is 1. The topological polar surface area (TPSA) is 77.6 Å². The summed E-state index contributed by atoms with van der Waals surface area (Å²) in [5, 5.41) is 6.11. The first kappa shape index (κ1) is 21.6. The molecule has 29 heavy (non-hydrogen) atoms. The first-order valence-corrected chi connectivity index (χ1v) is 11.0. The van der Waals surface area contributed by atoms with Gasteiger partial charge in [-0.15, -0.1) is 0 Å². The third-order valence-electron chi connectivity index (χ3n) is 5.93. The summed E-state index contributed by atoms with van der Waals surface area (Å²) in [7, 11) is 0. The molecule has 0 spiro atoms. The number of hydrogen-bond donors (Lipinski definition) is 2. The molecule has 0 aromatic carbocycles. The Balaban J connectivity index is 1.54. The maximum Gasteiger partial charge on any atom is 0.317 e. The summed E-state index contributed by atoms with van der Waals surface area (Å²) in [5.74, 6) is 0.550. The lowest BCUT2D eigenvalue weighted by Crippen LogP contribution is -2.59. The van der Waals surface area contributed by atoms with Gasteiger partial charge in [0.2, 0.25) is 5.91 Å². The third-order valence-corrected chi connectivity index (χ3v) is 5.93. The van der Waals surface area contributed by atoms with E-state index in [4.69, 9.17) is 0 Å². The molecule has 160 valence electrons. The van der Waals surface area contributed by atoms with Crippen molar-refractivity contribution in [2.75, 3.05) is 32.7 Å². The van der Waals surface area contributed by atoms with Crippen molar-refractivity contribution < 1.29 is 9.59 Å². The zero-order chi connectivity index (χ0) is 20.6. The van der Waals surface area contributed by atoms with Crippen LogP contribution in [0.1, 0.15) is 45.2 Å². The quantitative estimate of drug-likeness (QED) is 0.733. The molecular formula is C22H35N5O2. The predicted molar refractivity (Wildman–Crippen MR) is 114 cm³/mol. The number of urea groups is 1. The van der Waals surface area contributed by atoms with Gasteiger partial charge < -0.3 is 15.5 Å². The number of hydrogen-bond acceptors (Lipinski definition) is 4. The molecule has 1 aliphatic carbocycles. The van der Waals surface area contributed by atoms with Gasteiger partial charge >= 0.3 is 6.03 Å². The SMILES string of the molecule is CC(C)NC(=O)N1CCN(C(C(=O)NCCc2ccccn2)C2CCCC2)CC1. The molecule has 1 aromatic heterocycles. The molecule has 2 fully saturated rings. The van der Waals surface area contributed by atoms with Crippen molar-refractivity contribution in [1.29, 1.82) is 0 Å². The van der Waals surface area contributed by atoms with E-state index in [1.807, 2.05) is 36.9 Å². The number of nitrogens with one attached hydrogen (secondary N) is 2. The highest BCUT2D eigenvalue weighted by Gasteiger charge is 2.37. The number of nitrogens with zero attached hydrogens (tertiary/aromatic N) is 3. The van der Waals surface area contributed by atoms with E-state index in [1.165, 1.54) is 12.8 Å². The number of pyridine rings is 1. The van der Waals surface area contributed by atoms with Crippen LogP contribution in [0.25, 0.3) is 0 Å². The van der Waals surface area contributed by atoms with Crippen molar-refractivity contribution in [3.8, 4) is 0 Å². The molecule has 7 nitrogen and oxygen atoms in total. The van der Waals surface area contributed by atoms with Crippen LogP contribution in [-0.2, 0) is 11.2 Å². The second-order valence-electron chi connectivity index (χ2n) is 8.48. The molecule has 1 saturated heterocycles. The zero-order valence-corrected chi connectivity index (χ0v) is 17.8. The largest absolute Gasteiger partial charge is 0.354 e. The van der Waals surface area contributed by atoms with Crippen LogP contribution >= 0.6 is 0 Å². The molecule has 1 unspecified atom stereocenters. The number of aromatic nitrogens is 1. The monoisotopic (exact) mass is 401 g/mol. The Morgan fingerprint density at radius 3 is 2.48 bits per heavy atom. The first-order valence-electron chi connectivity index (χ1n) is 11.0. The minimum atomic E-state index is -0.0865. The predicted octanol–water partition coefficient (Wildman–Crippen LogP) is 2.03. The first-order chi connectivity index (χ1) is 14.0. The molecule has 7 heteroatoms. The van der Waals surface area contributed by atoms with E-state index in [0.29, 0.717) is 25.6 Å². The molecule has 3 amide bonds. The number of rotatable bonds is 7. The minimum absolute atomic E-state index is 0.00289. The van der Waals surface area contributed by atoms with Gasteiger partial charge in [-0.2, -0.15) is 0 Å². The van der Waals surface area contributed by atoms with Gasteiger partial charge in [-0.25, -0.2) is 4.79 Å². The summed E-state index contributed by atoms with van der Waals surface area (Å²) in [6.07, 6.45) is 7.18. The van der Waals surface area contributed by atoms with Crippen molar-refractivity contribution in [2.45, 2.75) is 58.0 Å². The van der Waals surface area contributed by atoms with Crippen molar-refractivity contribution in [2.24, 2.45) is 5.92 Å². The lowest BCUT2D eigenvalue weighted by molar-refractivity contribution is -0.129. The van der Waals surface area contributed by atoms with Crippen LogP contribution < -0.4 is 10.6 Å². The Kier molecular flexibility index (Phi) is 7.86. The highest BCUT2D eigenvalue weighted by atomic mass is 16.2. The average molecular weight is 402 g/mol. The minimum Gasteiger partial charge on any atom is -0.354 e. The zero-order valence-electron chi connectivity index (χ0n) is 17.8. The maximum absolute atomic E-state index is 13.1. The van der Waals surface area contributed by atoms with Crippen LogP contribution in [0.5, 0.6) is 0 Å². The maximum atomic E-state index is 13.1. The van der Waals surface area contributed by atoms with Gasteiger partial charge in [0, 0.05) is 57.1 Å². The third kappa shape index (κ3) is 6.16. The Morgan fingerprint density at radius 1 is 1.14 bits per heavy atom. The van der Waals surface area contributed by atoms with Gasteiger partial charge in [0.25, 0.3) is 0 Å². The van der Waals surface area contributed by atoms with Crippen LogP contribution in [0.3, 0.4) is 0 Å². The van der Waals surface area contributed by atoms with Crippen LogP contribution in [0, 0.1) is 5.92 Å². The molecule has 0 bridgehead atoms. The molecule has 2 heterocycles.